The van der Waals surface area contributed by atoms with Crippen molar-refractivity contribution < 1.29 is 9.84 Å². The fourth-order valence-corrected chi connectivity index (χ4v) is 2.31. The highest BCUT2D eigenvalue weighted by Gasteiger charge is 2.16. The molecule has 0 aromatic heterocycles. The van der Waals surface area contributed by atoms with Gasteiger partial charge in [0.25, 0.3) is 0 Å². The van der Waals surface area contributed by atoms with Crippen LogP contribution in [0.2, 0.25) is 0 Å². The van der Waals surface area contributed by atoms with Crippen molar-refractivity contribution in [1.82, 2.24) is 4.90 Å². The van der Waals surface area contributed by atoms with Gasteiger partial charge in [-0.3, -0.25) is 0 Å². The van der Waals surface area contributed by atoms with Gasteiger partial charge in [-0.1, -0.05) is 6.07 Å². The Bertz CT molecular complexity index is 392. The Hall–Kier alpha value is -0.770. The van der Waals surface area contributed by atoms with Gasteiger partial charge in [-0.2, -0.15) is 0 Å². The van der Waals surface area contributed by atoms with Crippen molar-refractivity contribution in [2.75, 3.05) is 26.2 Å². The Morgan fingerprint density at radius 3 is 2.53 bits per heavy atom. The van der Waals surface area contributed by atoms with E-state index in [0.717, 1.165) is 25.4 Å². The molecule has 3 nitrogen and oxygen atoms in total. The lowest BCUT2D eigenvalue weighted by Crippen LogP contribution is -2.33. The molecule has 1 atom stereocenters. The zero-order valence-electron chi connectivity index (χ0n) is 11.8. The van der Waals surface area contributed by atoms with Gasteiger partial charge in [0.15, 0.2) is 0 Å². The van der Waals surface area contributed by atoms with Gasteiger partial charge < -0.3 is 14.7 Å². The number of nitrogens with zero attached hydrogens (tertiary/aromatic N) is 1. The lowest BCUT2D eigenvalue weighted by atomic mass is 10.1. The molecule has 0 saturated carbocycles. The van der Waals surface area contributed by atoms with Crippen molar-refractivity contribution in [3.63, 3.8) is 0 Å². The molecule has 1 aliphatic heterocycles. The molecular formula is C15H24ClNO2. The molecule has 1 aliphatic rings. The van der Waals surface area contributed by atoms with Crippen LogP contribution in [0.15, 0.2) is 18.2 Å². The number of hydrogen-bond acceptors (Lipinski definition) is 3. The molecule has 1 aromatic rings. The van der Waals surface area contributed by atoms with E-state index in [-0.39, 0.29) is 12.4 Å². The van der Waals surface area contributed by atoms with E-state index in [4.69, 9.17) is 4.74 Å². The number of hydrogen-bond donors (Lipinski definition) is 1. The van der Waals surface area contributed by atoms with E-state index in [1.54, 1.807) is 0 Å². The van der Waals surface area contributed by atoms with Gasteiger partial charge >= 0.3 is 0 Å². The maximum Gasteiger partial charge on any atom is 0.119 e. The number of β-amino-alcohol motifs (C(OH)–C–C–N with tert-alkyl or cyclic N) is 1. The third-order valence-electron chi connectivity index (χ3n) is 3.59. The monoisotopic (exact) mass is 285 g/mol. The summed E-state index contributed by atoms with van der Waals surface area (Å²) in [7, 11) is 0. The van der Waals surface area contributed by atoms with Crippen molar-refractivity contribution >= 4 is 12.4 Å². The molecule has 1 unspecified atom stereocenters. The maximum absolute atomic E-state index is 9.93. The molecule has 1 fully saturated rings. The number of rotatable bonds is 5. The highest BCUT2D eigenvalue weighted by molar-refractivity contribution is 5.85. The summed E-state index contributed by atoms with van der Waals surface area (Å²) < 4.78 is 5.64. The van der Waals surface area contributed by atoms with Gasteiger partial charge in [0, 0.05) is 6.54 Å². The first-order chi connectivity index (χ1) is 8.65. The molecule has 19 heavy (non-hydrogen) atoms. The Morgan fingerprint density at radius 1 is 1.21 bits per heavy atom. The van der Waals surface area contributed by atoms with Gasteiger partial charge in [0.2, 0.25) is 0 Å². The van der Waals surface area contributed by atoms with Crippen molar-refractivity contribution in [3.8, 4) is 5.75 Å². The standard InChI is InChI=1S/C15H23NO2.ClH/c1-12-5-6-15(9-13(12)2)18-11-14(17)10-16-7-3-4-8-16;/h5-6,9,14,17H,3-4,7-8,10-11H2,1-2H3;1H. The van der Waals surface area contributed by atoms with Crippen LogP contribution < -0.4 is 4.74 Å². The van der Waals surface area contributed by atoms with E-state index < -0.39 is 6.10 Å². The SMILES string of the molecule is Cc1ccc(OCC(O)CN2CCCC2)cc1C.Cl. The number of likely N-dealkylation sites (tertiary alicyclic amines) is 1. The Morgan fingerprint density at radius 2 is 1.89 bits per heavy atom. The van der Waals surface area contributed by atoms with Gasteiger partial charge in [-0.15, -0.1) is 12.4 Å². The topological polar surface area (TPSA) is 32.7 Å². The third kappa shape index (κ3) is 5.01. The number of halogens is 1. The van der Waals surface area contributed by atoms with Gasteiger partial charge in [0.1, 0.15) is 18.5 Å². The van der Waals surface area contributed by atoms with Gasteiger partial charge in [-0.25, -0.2) is 0 Å². The molecule has 0 aliphatic carbocycles. The molecule has 0 spiro atoms. The highest BCUT2D eigenvalue weighted by Crippen LogP contribution is 2.16. The predicted molar refractivity (Wildman–Crippen MR) is 80.3 cm³/mol. The average molecular weight is 286 g/mol. The number of aryl methyl sites for hydroxylation is 2. The van der Waals surface area contributed by atoms with Crippen LogP contribution in [0, 0.1) is 13.8 Å². The summed E-state index contributed by atoms with van der Waals surface area (Å²) in [5.41, 5.74) is 2.49. The molecule has 0 bridgehead atoms. The highest BCUT2D eigenvalue weighted by atomic mass is 35.5. The molecule has 1 aromatic carbocycles. The Kier molecular flexibility index (Phi) is 6.63. The van der Waals surface area contributed by atoms with Crippen molar-refractivity contribution in [3.05, 3.63) is 29.3 Å². The van der Waals surface area contributed by atoms with Crippen LogP contribution in [0.25, 0.3) is 0 Å². The summed E-state index contributed by atoms with van der Waals surface area (Å²) in [5.74, 6) is 0.846. The zero-order valence-corrected chi connectivity index (χ0v) is 12.6. The van der Waals surface area contributed by atoms with Crippen LogP contribution in [0.3, 0.4) is 0 Å². The van der Waals surface area contributed by atoms with E-state index >= 15 is 0 Å². The number of ether oxygens (including phenoxy) is 1. The zero-order chi connectivity index (χ0) is 13.0. The van der Waals surface area contributed by atoms with Crippen LogP contribution in [-0.4, -0.2) is 42.4 Å². The molecule has 1 heterocycles. The van der Waals surface area contributed by atoms with Crippen LogP contribution in [-0.2, 0) is 0 Å². The summed E-state index contributed by atoms with van der Waals surface area (Å²) in [5, 5.41) is 9.93. The Balaban J connectivity index is 0.00000180. The first-order valence-electron chi connectivity index (χ1n) is 6.75. The van der Waals surface area contributed by atoms with Crippen molar-refractivity contribution in [2.45, 2.75) is 32.8 Å². The van der Waals surface area contributed by atoms with Crippen LogP contribution in [0.4, 0.5) is 0 Å². The first kappa shape index (κ1) is 16.3. The maximum atomic E-state index is 9.93. The largest absolute Gasteiger partial charge is 0.491 e. The molecule has 0 radical (unpaired) electrons. The molecule has 0 amide bonds. The smallest absolute Gasteiger partial charge is 0.119 e. The minimum absolute atomic E-state index is 0. The van der Waals surface area contributed by atoms with Crippen LogP contribution in [0.1, 0.15) is 24.0 Å². The van der Waals surface area contributed by atoms with E-state index in [9.17, 15) is 5.11 Å². The summed E-state index contributed by atoms with van der Waals surface area (Å²) in [6.45, 7) is 7.48. The third-order valence-corrected chi connectivity index (χ3v) is 3.59. The van der Waals surface area contributed by atoms with Crippen LogP contribution in [0.5, 0.6) is 5.75 Å². The lowest BCUT2D eigenvalue weighted by molar-refractivity contribution is 0.0758. The second-order valence-electron chi connectivity index (χ2n) is 5.22. The lowest BCUT2D eigenvalue weighted by Gasteiger charge is -2.19. The summed E-state index contributed by atoms with van der Waals surface area (Å²) in [4.78, 5) is 2.30. The second-order valence-corrected chi connectivity index (χ2v) is 5.22. The molecule has 1 saturated heterocycles. The molecule has 1 N–H and O–H groups in total. The van der Waals surface area contributed by atoms with Crippen molar-refractivity contribution in [2.24, 2.45) is 0 Å². The number of aliphatic hydroxyl groups excluding tert-OH is 1. The van der Waals surface area contributed by atoms with E-state index in [1.165, 1.54) is 24.0 Å². The minimum Gasteiger partial charge on any atom is -0.491 e. The van der Waals surface area contributed by atoms with E-state index in [2.05, 4.69) is 24.8 Å². The minimum atomic E-state index is -0.398. The molecule has 2 rings (SSSR count). The second kappa shape index (κ2) is 7.73. The normalized spacial score (nSPS) is 17.0. The van der Waals surface area contributed by atoms with E-state index in [1.807, 2.05) is 12.1 Å². The fraction of sp³-hybridized carbons (Fsp3) is 0.600. The predicted octanol–water partition coefficient (Wildman–Crippen LogP) is 2.56. The molecule has 108 valence electrons. The molecular weight excluding hydrogens is 262 g/mol. The quantitative estimate of drug-likeness (QED) is 0.902. The number of aliphatic hydroxyl groups is 1. The van der Waals surface area contributed by atoms with E-state index in [0.29, 0.717) is 6.61 Å². The van der Waals surface area contributed by atoms with Gasteiger partial charge in [0.05, 0.1) is 0 Å². The summed E-state index contributed by atoms with van der Waals surface area (Å²) >= 11 is 0. The summed E-state index contributed by atoms with van der Waals surface area (Å²) in [6, 6.07) is 6.04. The average Bonchev–Trinajstić information content (AvgIpc) is 2.83. The molecule has 4 heteroatoms. The van der Waals surface area contributed by atoms with Crippen molar-refractivity contribution in [1.29, 1.82) is 0 Å². The van der Waals surface area contributed by atoms with Crippen LogP contribution >= 0.6 is 12.4 Å². The Labute approximate surface area is 122 Å². The summed E-state index contributed by atoms with van der Waals surface area (Å²) in [6.07, 6.45) is 2.11. The first-order valence-corrected chi connectivity index (χ1v) is 6.75. The van der Waals surface area contributed by atoms with Gasteiger partial charge in [-0.05, 0) is 63.0 Å². The number of benzene rings is 1. The fourth-order valence-electron chi connectivity index (χ4n) is 2.31.